The molecule has 1 heterocycles. The minimum absolute atomic E-state index is 0.0810. The van der Waals surface area contributed by atoms with Crippen molar-refractivity contribution in [3.63, 3.8) is 0 Å². The molecule has 0 aromatic carbocycles. The minimum atomic E-state index is -0.492. The fourth-order valence-corrected chi connectivity index (χ4v) is 1.83. The van der Waals surface area contributed by atoms with Gasteiger partial charge in [-0.05, 0) is 33.7 Å². The van der Waals surface area contributed by atoms with Gasteiger partial charge in [0.1, 0.15) is 5.60 Å². The van der Waals surface area contributed by atoms with Crippen molar-refractivity contribution in [2.75, 3.05) is 19.6 Å². The highest BCUT2D eigenvalue weighted by atomic mass is 16.6. The maximum absolute atomic E-state index is 11.7. The summed E-state index contributed by atoms with van der Waals surface area (Å²) >= 11 is 0. The van der Waals surface area contributed by atoms with Crippen LogP contribution < -0.4 is 5.73 Å². The number of aliphatic hydroxyl groups excluding tert-OH is 1. The molecule has 1 fully saturated rings. The lowest BCUT2D eigenvalue weighted by Crippen LogP contribution is -2.35. The molecule has 0 saturated carbocycles. The molecule has 2 atom stereocenters. The lowest BCUT2D eigenvalue weighted by atomic mass is 10.0. The smallest absolute Gasteiger partial charge is 0.410 e. The summed E-state index contributed by atoms with van der Waals surface area (Å²) in [4.78, 5) is 13.3. The molecule has 1 amide bonds. The molecule has 0 aromatic rings. The molecular weight excluding hydrogens is 208 g/mol. The van der Waals surface area contributed by atoms with Gasteiger partial charge >= 0.3 is 6.09 Å². The van der Waals surface area contributed by atoms with Crippen molar-refractivity contribution in [2.24, 2.45) is 11.7 Å². The van der Waals surface area contributed by atoms with Crippen LogP contribution >= 0.6 is 0 Å². The third-order valence-electron chi connectivity index (χ3n) is 2.60. The van der Waals surface area contributed by atoms with Crippen LogP contribution in [0.4, 0.5) is 4.79 Å². The van der Waals surface area contributed by atoms with E-state index in [1.54, 1.807) is 4.90 Å². The second-order valence-corrected chi connectivity index (χ2v) is 5.29. The number of hydrogen-bond donors (Lipinski definition) is 2. The molecule has 1 aliphatic heterocycles. The molecule has 0 radical (unpaired) electrons. The number of carbonyl (C=O) groups is 1. The molecule has 1 rings (SSSR count). The Balaban J connectivity index is 2.48. The van der Waals surface area contributed by atoms with Crippen molar-refractivity contribution in [2.45, 2.75) is 38.9 Å². The summed E-state index contributed by atoms with van der Waals surface area (Å²) in [7, 11) is 0. The SMILES string of the molecule is CC(C)(C)OC(=O)N1C[C@H](CCN)[C@@H](O)C1. The Morgan fingerprint density at radius 2 is 2.12 bits per heavy atom. The predicted octanol–water partition coefficient (Wildman–Crippen LogP) is 0.563. The van der Waals surface area contributed by atoms with E-state index in [1.807, 2.05) is 20.8 Å². The molecule has 94 valence electrons. The first-order valence-corrected chi connectivity index (χ1v) is 5.69. The molecule has 0 unspecified atom stereocenters. The second-order valence-electron chi connectivity index (χ2n) is 5.29. The van der Waals surface area contributed by atoms with E-state index < -0.39 is 11.7 Å². The Hall–Kier alpha value is -0.810. The number of hydrogen-bond acceptors (Lipinski definition) is 4. The Morgan fingerprint density at radius 3 is 2.62 bits per heavy atom. The number of carbonyl (C=O) groups excluding carboxylic acids is 1. The van der Waals surface area contributed by atoms with Crippen LogP contribution in [-0.4, -0.2) is 47.4 Å². The number of likely N-dealkylation sites (tertiary alicyclic amines) is 1. The zero-order valence-corrected chi connectivity index (χ0v) is 10.3. The highest BCUT2D eigenvalue weighted by molar-refractivity contribution is 5.68. The number of β-amino-alcohol motifs (C(OH)–C–C–N with tert-alkyl or cyclic N) is 1. The van der Waals surface area contributed by atoms with Gasteiger partial charge in [-0.15, -0.1) is 0 Å². The zero-order valence-electron chi connectivity index (χ0n) is 10.3. The Labute approximate surface area is 96.6 Å². The number of amides is 1. The monoisotopic (exact) mass is 230 g/mol. The fraction of sp³-hybridized carbons (Fsp3) is 0.909. The molecule has 1 saturated heterocycles. The molecule has 5 nitrogen and oxygen atoms in total. The maximum atomic E-state index is 11.7. The van der Waals surface area contributed by atoms with Crippen molar-refractivity contribution in [3.05, 3.63) is 0 Å². The van der Waals surface area contributed by atoms with Crippen LogP contribution in [0.1, 0.15) is 27.2 Å². The first-order chi connectivity index (χ1) is 7.33. The van der Waals surface area contributed by atoms with Crippen LogP contribution in [0.2, 0.25) is 0 Å². The topological polar surface area (TPSA) is 75.8 Å². The lowest BCUT2D eigenvalue weighted by molar-refractivity contribution is 0.0269. The largest absolute Gasteiger partial charge is 0.444 e. The summed E-state index contributed by atoms with van der Waals surface area (Å²) in [5.74, 6) is 0.0810. The standard InChI is InChI=1S/C11H22N2O3/c1-11(2,3)16-10(15)13-6-8(4-5-12)9(14)7-13/h8-9,14H,4-7,12H2,1-3H3/t8-,9-/m0/s1. The van der Waals surface area contributed by atoms with Gasteiger partial charge in [-0.1, -0.05) is 0 Å². The second kappa shape index (κ2) is 5.01. The summed E-state index contributed by atoms with van der Waals surface area (Å²) in [5.41, 5.74) is 4.96. The van der Waals surface area contributed by atoms with Gasteiger partial charge in [-0.25, -0.2) is 4.79 Å². The zero-order chi connectivity index (χ0) is 12.3. The van der Waals surface area contributed by atoms with Crippen molar-refractivity contribution < 1.29 is 14.6 Å². The van der Waals surface area contributed by atoms with Crippen LogP contribution in [0, 0.1) is 5.92 Å². The summed E-state index contributed by atoms with van der Waals surface area (Å²) in [6.07, 6.45) is -0.0948. The van der Waals surface area contributed by atoms with Gasteiger partial charge in [0.05, 0.1) is 12.6 Å². The minimum Gasteiger partial charge on any atom is -0.444 e. The van der Waals surface area contributed by atoms with Crippen molar-refractivity contribution in [1.82, 2.24) is 4.90 Å². The van der Waals surface area contributed by atoms with Gasteiger partial charge in [0.15, 0.2) is 0 Å². The normalized spacial score (nSPS) is 25.9. The quantitative estimate of drug-likeness (QED) is 0.727. The maximum Gasteiger partial charge on any atom is 0.410 e. The molecule has 0 aliphatic carbocycles. The molecule has 0 bridgehead atoms. The molecule has 3 N–H and O–H groups in total. The van der Waals surface area contributed by atoms with E-state index in [1.165, 1.54) is 0 Å². The number of ether oxygens (including phenoxy) is 1. The van der Waals surface area contributed by atoms with Gasteiger partial charge in [0.25, 0.3) is 0 Å². The molecule has 5 heteroatoms. The fourth-order valence-electron chi connectivity index (χ4n) is 1.83. The number of nitrogens with two attached hydrogens (primary N) is 1. The van der Waals surface area contributed by atoms with Crippen LogP contribution in [0.15, 0.2) is 0 Å². The Bertz CT molecular complexity index is 250. The first kappa shape index (κ1) is 13.3. The highest BCUT2D eigenvalue weighted by Gasteiger charge is 2.35. The van der Waals surface area contributed by atoms with Crippen molar-refractivity contribution >= 4 is 6.09 Å². The average Bonchev–Trinajstić information content (AvgIpc) is 2.46. The number of nitrogens with zero attached hydrogens (tertiary/aromatic N) is 1. The van der Waals surface area contributed by atoms with E-state index in [2.05, 4.69) is 0 Å². The highest BCUT2D eigenvalue weighted by Crippen LogP contribution is 2.21. The molecule has 0 aromatic heterocycles. The Kier molecular flexibility index (Phi) is 4.15. The summed E-state index contributed by atoms with van der Waals surface area (Å²) < 4.78 is 5.24. The number of aliphatic hydroxyl groups is 1. The van der Waals surface area contributed by atoms with Crippen LogP contribution in [-0.2, 0) is 4.74 Å². The molecule has 0 spiro atoms. The van der Waals surface area contributed by atoms with E-state index in [-0.39, 0.29) is 12.0 Å². The lowest BCUT2D eigenvalue weighted by Gasteiger charge is -2.24. The van der Waals surface area contributed by atoms with E-state index in [0.717, 1.165) is 6.42 Å². The van der Waals surface area contributed by atoms with E-state index >= 15 is 0 Å². The van der Waals surface area contributed by atoms with Gasteiger partial charge in [0, 0.05) is 12.5 Å². The average molecular weight is 230 g/mol. The van der Waals surface area contributed by atoms with Crippen LogP contribution in [0.25, 0.3) is 0 Å². The van der Waals surface area contributed by atoms with Crippen LogP contribution in [0.3, 0.4) is 0 Å². The molecule has 1 aliphatic rings. The summed E-state index contributed by atoms with van der Waals surface area (Å²) in [6.45, 7) is 6.90. The van der Waals surface area contributed by atoms with E-state index in [9.17, 15) is 9.90 Å². The van der Waals surface area contributed by atoms with Crippen molar-refractivity contribution in [3.8, 4) is 0 Å². The summed E-state index contributed by atoms with van der Waals surface area (Å²) in [5, 5.41) is 9.73. The Morgan fingerprint density at radius 1 is 1.50 bits per heavy atom. The third kappa shape index (κ3) is 3.64. The van der Waals surface area contributed by atoms with Crippen LogP contribution in [0.5, 0.6) is 0 Å². The molecular formula is C11H22N2O3. The first-order valence-electron chi connectivity index (χ1n) is 5.69. The van der Waals surface area contributed by atoms with Gasteiger partial charge < -0.3 is 20.5 Å². The van der Waals surface area contributed by atoms with Gasteiger partial charge in [0.2, 0.25) is 0 Å². The molecule has 16 heavy (non-hydrogen) atoms. The van der Waals surface area contributed by atoms with E-state index in [0.29, 0.717) is 19.6 Å². The van der Waals surface area contributed by atoms with Gasteiger partial charge in [-0.3, -0.25) is 0 Å². The predicted molar refractivity (Wildman–Crippen MR) is 61.0 cm³/mol. The number of rotatable bonds is 2. The third-order valence-corrected chi connectivity index (χ3v) is 2.60. The van der Waals surface area contributed by atoms with Gasteiger partial charge in [-0.2, -0.15) is 0 Å². The van der Waals surface area contributed by atoms with E-state index in [4.69, 9.17) is 10.5 Å². The summed E-state index contributed by atoms with van der Waals surface area (Å²) in [6, 6.07) is 0. The van der Waals surface area contributed by atoms with Crippen molar-refractivity contribution in [1.29, 1.82) is 0 Å².